The molecule has 25 heavy (non-hydrogen) atoms. The lowest BCUT2D eigenvalue weighted by molar-refractivity contribution is 0.0764. The van der Waals surface area contributed by atoms with Gasteiger partial charge in [-0.3, -0.25) is 4.79 Å². The summed E-state index contributed by atoms with van der Waals surface area (Å²) >= 11 is 0. The van der Waals surface area contributed by atoms with Gasteiger partial charge in [-0.1, -0.05) is 0 Å². The Hall–Kier alpha value is -2.39. The molecule has 2 heterocycles. The monoisotopic (exact) mass is 364 g/mol. The fourth-order valence-electron chi connectivity index (χ4n) is 2.78. The van der Waals surface area contributed by atoms with Crippen molar-refractivity contribution in [2.75, 3.05) is 33.3 Å². The fourth-order valence-corrected chi connectivity index (χ4v) is 4.14. The minimum absolute atomic E-state index is 0.0717. The van der Waals surface area contributed by atoms with E-state index in [0.717, 1.165) is 0 Å². The molecule has 1 aliphatic heterocycles. The molecule has 9 heteroatoms. The molecule has 3 rings (SSSR count). The van der Waals surface area contributed by atoms with Gasteiger partial charge in [-0.15, -0.1) is 0 Å². The van der Waals surface area contributed by atoms with Crippen molar-refractivity contribution >= 4 is 15.9 Å². The highest BCUT2D eigenvalue weighted by molar-refractivity contribution is 7.89. The quantitative estimate of drug-likeness (QED) is 0.872. The number of hydrogen-bond acceptors (Lipinski definition) is 5. The van der Waals surface area contributed by atoms with Gasteiger partial charge in [0.2, 0.25) is 0 Å². The molecule has 1 fully saturated rings. The third-order valence-electron chi connectivity index (χ3n) is 4.17. The number of amides is 1. The van der Waals surface area contributed by atoms with Gasteiger partial charge >= 0.3 is 0 Å². The molecule has 0 spiro atoms. The van der Waals surface area contributed by atoms with Crippen LogP contribution in [-0.4, -0.2) is 66.8 Å². The first-order valence-electron chi connectivity index (χ1n) is 7.94. The summed E-state index contributed by atoms with van der Waals surface area (Å²) in [5, 5.41) is 0.0717. The van der Waals surface area contributed by atoms with Crippen LogP contribution >= 0.6 is 0 Å². The summed E-state index contributed by atoms with van der Waals surface area (Å²) in [6, 6.07) is 6.90. The second kappa shape index (κ2) is 7.24. The number of imidazole rings is 1. The Morgan fingerprint density at radius 3 is 2.56 bits per heavy atom. The zero-order valence-corrected chi connectivity index (χ0v) is 14.7. The number of nitrogens with one attached hydrogen (secondary N) is 1. The second-order valence-electron chi connectivity index (χ2n) is 5.69. The van der Waals surface area contributed by atoms with Crippen molar-refractivity contribution < 1.29 is 17.9 Å². The molecule has 8 nitrogen and oxygen atoms in total. The molecular weight excluding hydrogens is 344 g/mol. The van der Waals surface area contributed by atoms with Gasteiger partial charge in [0, 0.05) is 31.7 Å². The van der Waals surface area contributed by atoms with Crippen LogP contribution in [0, 0.1) is 0 Å². The van der Waals surface area contributed by atoms with Crippen molar-refractivity contribution in [2.24, 2.45) is 0 Å². The Kier molecular flexibility index (Phi) is 5.05. The van der Waals surface area contributed by atoms with E-state index in [-0.39, 0.29) is 17.5 Å². The predicted octanol–water partition coefficient (Wildman–Crippen LogP) is 0.955. The Balaban J connectivity index is 1.70. The van der Waals surface area contributed by atoms with E-state index in [0.29, 0.717) is 37.4 Å². The van der Waals surface area contributed by atoms with Crippen molar-refractivity contribution in [3.63, 3.8) is 0 Å². The average molecular weight is 364 g/mol. The van der Waals surface area contributed by atoms with E-state index in [4.69, 9.17) is 4.74 Å². The van der Waals surface area contributed by atoms with Crippen molar-refractivity contribution in [3.05, 3.63) is 42.4 Å². The molecule has 1 aliphatic rings. The van der Waals surface area contributed by atoms with Crippen molar-refractivity contribution in [3.8, 4) is 5.75 Å². The van der Waals surface area contributed by atoms with Crippen molar-refractivity contribution in [1.82, 2.24) is 19.2 Å². The Labute approximate surface area is 146 Å². The fraction of sp³-hybridized carbons (Fsp3) is 0.375. The normalized spacial score (nSPS) is 16.4. The van der Waals surface area contributed by atoms with Gasteiger partial charge < -0.3 is 14.6 Å². The number of benzene rings is 1. The lowest BCUT2D eigenvalue weighted by atomic mass is 10.2. The first-order chi connectivity index (χ1) is 12.0. The number of carbonyl (C=O) groups excluding carboxylic acids is 1. The van der Waals surface area contributed by atoms with Crippen LogP contribution < -0.4 is 4.74 Å². The van der Waals surface area contributed by atoms with Crippen LogP contribution in [-0.2, 0) is 10.0 Å². The molecule has 1 aromatic carbocycles. The number of aromatic nitrogens is 2. The zero-order valence-electron chi connectivity index (χ0n) is 13.9. The van der Waals surface area contributed by atoms with Crippen molar-refractivity contribution in [2.45, 2.75) is 11.4 Å². The van der Waals surface area contributed by atoms with Crippen LogP contribution in [0.2, 0.25) is 0 Å². The summed E-state index contributed by atoms with van der Waals surface area (Å²) in [6.07, 6.45) is 3.21. The van der Waals surface area contributed by atoms with E-state index in [1.165, 1.54) is 16.8 Å². The molecule has 2 aromatic rings. The van der Waals surface area contributed by atoms with Gasteiger partial charge in [-0.2, -0.15) is 4.31 Å². The number of nitrogens with zero attached hydrogens (tertiary/aromatic N) is 3. The molecule has 1 amide bonds. The first-order valence-corrected chi connectivity index (χ1v) is 9.38. The largest absolute Gasteiger partial charge is 0.497 e. The van der Waals surface area contributed by atoms with E-state index in [1.54, 1.807) is 36.3 Å². The van der Waals surface area contributed by atoms with Gasteiger partial charge in [0.1, 0.15) is 5.75 Å². The minimum atomic E-state index is -3.60. The maximum absolute atomic E-state index is 12.6. The number of ether oxygens (including phenoxy) is 1. The standard InChI is InChI=1S/C16H20N4O4S/c1-24-14-5-3-13(4-6-14)16(21)19-7-2-8-20(10-9-19)25(22,23)15-11-17-12-18-15/h3-6,11-12H,2,7-10H2,1H3,(H,17,18). The van der Waals surface area contributed by atoms with Crippen LogP contribution in [0.1, 0.15) is 16.8 Å². The van der Waals surface area contributed by atoms with Crippen molar-refractivity contribution in [1.29, 1.82) is 0 Å². The van der Waals surface area contributed by atoms with Gasteiger partial charge in [0.15, 0.2) is 5.03 Å². The molecule has 1 N–H and O–H groups in total. The number of sulfonamides is 1. The molecule has 1 saturated heterocycles. The number of rotatable bonds is 4. The van der Waals surface area contributed by atoms with Gasteiger partial charge in [-0.05, 0) is 30.7 Å². The molecule has 134 valence electrons. The highest BCUT2D eigenvalue weighted by Crippen LogP contribution is 2.17. The molecule has 0 unspecified atom stereocenters. The number of hydrogen-bond donors (Lipinski definition) is 1. The van der Waals surface area contributed by atoms with Gasteiger partial charge in [-0.25, -0.2) is 13.4 Å². The van der Waals surface area contributed by atoms with E-state index < -0.39 is 10.0 Å². The maximum Gasteiger partial charge on any atom is 0.260 e. The Bertz CT molecular complexity index is 818. The van der Waals surface area contributed by atoms with Gasteiger partial charge in [0.05, 0.1) is 19.6 Å². The van der Waals surface area contributed by atoms with Crippen LogP contribution in [0.4, 0.5) is 0 Å². The summed E-state index contributed by atoms with van der Waals surface area (Å²) in [7, 11) is -2.03. The molecule has 1 aromatic heterocycles. The summed E-state index contributed by atoms with van der Waals surface area (Å²) in [4.78, 5) is 20.7. The number of methoxy groups -OCH3 is 1. The lowest BCUT2D eigenvalue weighted by Crippen LogP contribution is -2.37. The maximum atomic E-state index is 12.6. The Morgan fingerprint density at radius 2 is 1.92 bits per heavy atom. The highest BCUT2D eigenvalue weighted by atomic mass is 32.2. The molecule has 0 aliphatic carbocycles. The Morgan fingerprint density at radius 1 is 1.16 bits per heavy atom. The molecule has 0 saturated carbocycles. The summed E-state index contributed by atoms with van der Waals surface area (Å²) in [5.74, 6) is 0.577. The topological polar surface area (TPSA) is 95.6 Å². The van der Waals surface area contributed by atoms with E-state index in [1.807, 2.05) is 0 Å². The van der Waals surface area contributed by atoms with E-state index >= 15 is 0 Å². The van der Waals surface area contributed by atoms with Crippen LogP contribution in [0.15, 0.2) is 41.8 Å². The number of aromatic amines is 1. The summed E-state index contributed by atoms with van der Waals surface area (Å²) < 4.78 is 31.6. The number of carbonyl (C=O) groups is 1. The highest BCUT2D eigenvalue weighted by Gasteiger charge is 2.29. The lowest BCUT2D eigenvalue weighted by Gasteiger charge is -2.21. The number of H-pyrrole nitrogens is 1. The predicted molar refractivity (Wildman–Crippen MR) is 90.9 cm³/mol. The van der Waals surface area contributed by atoms with E-state index in [9.17, 15) is 13.2 Å². The first kappa shape index (κ1) is 17.4. The molecule has 0 radical (unpaired) electrons. The van der Waals surface area contributed by atoms with Crippen LogP contribution in [0.3, 0.4) is 0 Å². The minimum Gasteiger partial charge on any atom is -0.497 e. The van der Waals surface area contributed by atoms with Gasteiger partial charge in [0.25, 0.3) is 15.9 Å². The van der Waals surface area contributed by atoms with Crippen LogP contribution in [0.25, 0.3) is 0 Å². The SMILES string of the molecule is COc1ccc(C(=O)N2CCCN(S(=O)(=O)c3cnc[nH]3)CC2)cc1. The smallest absolute Gasteiger partial charge is 0.260 e. The summed E-state index contributed by atoms with van der Waals surface area (Å²) in [6.45, 7) is 1.48. The van der Waals surface area contributed by atoms with E-state index in [2.05, 4.69) is 9.97 Å². The third kappa shape index (κ3) is 3.67. The average Bonchev–Trinajstić information content (AvgIpc) is 3.06. The second-order valence-corrected chi connectivity index (χ2v) is 7.60. The molecule has 0 atom stereocenters. The summed E-state index contributed by atoms with van der Waals surface area (Å²) in [5.41, 5.74) is 0.561. The third-order valence-corrected chi connectivity index (χ3v) is 5.99. The van der Waals surface area contributed by atoms with Crippen LogP contribution in [0.5, 0.6) is 5.75 Å². The molecule has 0 bridgehead atoms. The molecular formula is C16H20N4O4S. The zero-order chi connectivity index (χ0) is 17.9.